The Kier molecular flexibility index (Phi) is 5.84. The summed E-state index contributed by atoms with van der Waals surface area (Å²) in [5.74, 6) is 0.651. The molecule has 0 heterocycles. The third-order valence-corrected chi connectivity index (χ3v) is 10.2. The van der Waals surface area contributed by atoms with Crippen molar-refractivity contribution in [2.45, 2.75) is 52.2 Å². The van der Waals surface area contributed by atoms with Gasteiger partial charge >= 0.3 is 0 Å². The Morgan fingerprint density at radius 3 is 2.32 bits per heavy atom. The molecule has 0 saturated carbocycles. The van der Waals surface area contributed by atoms with Crippen molar-refractivity contribution >= 4 is 24.2 Å². The first-order chi connectivity index (χ1) is 8.68. The molecule has 3 heteroatoms. The molecule has 1 aromatic rings. The van der Waals surface area contributed by atoms with Gasteiger partial charge < -0.3 is 4.43 Å². The van der Waals surface area contributed by atoms with Gasteiger partial charge in [0.15, 0.2) is 8.32 Å². The summed E-state index contributed by atoms with van der Waals surface area (Å²) in [5.41, 5.74) is 1.33. The molecular formula is C16H27BrOSi. The molecule has 0 aliphatic carbocycles. The molecule has 0 amide bonds. The summed E-state index contributed by atoms with van der Waals surface area (Å²) < 4.78 is 7.51. The first-order valence-electron chi connectivity index (χ1n) is 7.06. The normalized spacial score (nSPS) is 13.1. The molecule has 1 aromatic carbocycles. The molecule has 0 unspecified atom stereocenters. The van der Waals surface area contributed by atoms with Gasteiger partial charge in [0.1, 0.15) is 0 Å². The van der Waals surface area contributed by atoms with E-state index in [2.05, 4.69) is 81.0 Å². The summed E-state index contributed by atoms with van der Waals surface area (Å²) in [4.78, 5) is 0. The number of hydrogen-bond acceptors (Lipinski definition) is 1. The molecule has 0 aromatic heterocycles. The molecular weight excluding hydrogens is 316 g/mol. The van der Waals surface area contributed by atoms with Gasteiger partial charge in [0.2, 0.25) is 0 Å². The van der Waals surface area contributed by atoms with Crippen molar-refractivity contribution in [2.24, 2.45) is 5.92 Å². The minimum Gasteiger partial charge on any atom is -0.416 e. The Hall–Kier alpha value is -0.123. The van der Waals surface area contributed by atoms with E-state index >= 15 is 0 Å². The van der Waals surface area contributed by atoms with Gasteiger partial charge in [0.25, 0.3) is 0 Å². The summed E-state index contributed by atoms with van der Waals surface area (Å²) in [5, 5.41) is 0.293. The van der Waals surface area contributed by atoms with Gasteiger partial charge in [-0.2, -0.15) is 0 Å². The third kappa shape index (κ3) is 4.17. The molecule has 0 aliphatic rings. The van der Waals surface area contributed by atoms with Crippen LogP contribution >= 0.6 is 15.9 Å². The molecule has 0 spiro atoms. The lowest BCUT2D eigenvalue weighted by atomic mass is 9.99. The van der Waals surface area contributed by atoms with Crippen LogP contribution in [0.5, 0.6) is 0 Å². The zero-order valence-electron chi connectivity index (χ0n) is 13.1. The molecule has 0 saturated heterocycles. The standard InChI is InChI=1S/C16H27BrOSi/c1-13(2)16(3,4)19(5,6)18-12-11-14-9-7-8-10-15(14)17/h7-10,13H,11-12H2,1-6H3. The lowest BCUT2D eigenvalue weighted by Crippen LogP contribution is -2.45. The summed E-state index contributed by atoms with van der Waals surface area (Å²) >= 11 is 3.60. The lowest BCUT2D eigenvalue weighted by molar-refractivity contribution is 0.270. The summed E-state index contributed by atoms with van der Waals surface area (Å²) in [7, 11) is -1.68. The largest absolute Gasteiger partial charge is 0.416 e. The SMILES string of the molecule is CC(C)C(C)(C)[Si](C)(C)OCCc1ccccc1Br. The second-order valence-electron chi connectivity index (χ2n) is 6.58. The molecule has 0 atom stereocenters. The minimum atomic E-state index is -1.68. The smallest absolute Gasteiger partial charge is 0.192 e. The topological polar surface area (TPSA) is 9.23 Å². The molecule has 1 rings (SSSR count). The summed E-state index contributed by atoms with van der Waals surface area (Å²) in [6.45, 7) is 14.8. The first kappa shape index (κ1) is 16.9. The highest BCUT2D eigenvalue weighted by Gasteiger charge is 2.43. The van der Waals surface area contributed by atoms with Crippen LogP contribution in [-0.2, 0) is 10.8 Å². The molecule has 0 radical (unpaired) electrons. The van der Waals surface area contributed by atoms with Crippen LogP contribution in [0, 0.1) is 5.92 Å². The summed E-state index contributed by atoms with van der Waals surface area (Å²) in [6.07, 6.45) is 0.978. The van der Waals surface area contributed by atoms with E-state index in [0.717, 1.165) is 13.0 Å². The predicted octanol–water partition coefficient (Wildman–Crippen LogP) is 5.65. The number of hydrogen-bond donors (Lipinski definition) is 0. The van der Waals surface area contributed by atoms with Crippen molar-refractivity contribution in [1.29, 1.82) is 0 Å². The fourth-order valence-corrected chi connectivity index (χ4v) is 4.86. The molecule has 19 heavy (non-hydrogen) atoms. The van der Waals surface area contributed by atoms with Crippen molar-refractivity contribution in [3.05, 3.63) is 34.3 Å². The minimum absolute atomic E-state index is 0.293. The van der Waals surface area contributed by atoms with Crippen LogP contribution in [0.25, 0.3) is 0 Å². The van der Waals surface area contributed by atoms with Gasteiger partial charge in [-0.05, 0) is 42.1 Å². The average Bonchev–Trinajstić information content (AvgIpc) is 2.31. The van der Waals surface area contributed by atoms with E-state index in [1.165, 1.54) is 10.0 Å². The van der Waals surface area contributed by atoms with Crippen LogP contribution in [0.1, 0.15) is 33.3 Å². The van der Waals surface area contributed by atoms with Crippen molar-refractivity contribution in [3.8, 4) is 0 Å². The van der Waals surface area contributed by atoms with Crippen LogP contribution in [0.2, 0.25) is 18.1 Å². The molecule has 0 N–H and O–H groups in total. The van der Waals surface area contributed by atoms with Crippen LogP contribution in [0.4, 0.5) is 0 Å². The fraction of sp³-hybridized carbons (Fsp3) is 0.625. The van der Waals surface area contributed by atoms with Gasteiger partial charge in [-0.3, -0.25) is 0 Å². The highest BCUT2D eigenvalue weighted by molar-refractivity contribution is 9.10. The number of halogens is 1. The Balaban J connectivity index is 2.60. The second kappa shape index (κ2) is 6.55. The van der Waals surface area contributed by atoms with Crippen LogP contribution in [-0.4, -0.2) is 14.9 Å². The zero-order chi connectivity index (χ0) is 14.7. The van der Waals surface area contributed by atoms with E-state index in [1.54, 1.807) is 0 Å². The Labute approximate surface area is 128 Å². The van der Waals surface area contributed by atoms with Gasteiger partial charge in [0.05, 0.1) is 0 Å². The Morgan fingerprint density at radius 1 is 1.21 bits per heavy atom. The number of rotatable bonds is 6. The summed E-state index contributed by atoms with van der Waals surface area (Å²) in [6, 6.07) is 8.39. The van der Waals surface area contributed by atoms with Gasteiger partial charge in [-0.15, -0.1) is 0 Å². The van der Waals surface area contributed by atoms with Gasteiger partial charge in [-0.25, -0.2) is 0 Å². The van der Waals surface area contributed by atoms with Crippen molar-refractivity contribution < 1.29 is 4.43 Å². The maximum atomic E-state index is 6.33. The molecule has 0 aliphatic heterocycles. The van der Waals surface area contributed by atoms with E-state index < -0.39 is 8.32 Å². The van der Waals surface area contributed by atoms with Crippen molar-refractivity contribution in [2.75, 3.05) is 6.61 Å². The maximum absolute atomic E-state index is 6.33. The molecule has 0 bridgehead atoms. The quantitative estimate of drug-likeness (QED) is 0.607. The Bertz CT molecular complexity index is 413. The van der Waals surface area contributed by atoms with E-state index in [9.17, 15) is 0 Å². The zero-order valence-corrected chi connectivity index (χ0v) is 15.7. The van der Waals surface area contributed by atoms with Crippen molar-refractivity contribution in [1.82, 2.24) is 0 Å². The van der Waals surface area contributed by atoms with Gasteiger partial charge in [0, 0.05) is 11.1 Å². The predicted molar refractivity (Wildman–Crippen MR) is 90.2 cm³/mol. The second-order valence-corrected chi connectivity index (χ2v) is 12.0. The molecule has 0 fully saturated rings. The average molecular weight is 343 g/mol. The monoisotopic (exact) mass is 342 g/mol. The number of benzene rings is 1. The van der Waals surface area contributed by atoms with Crippen molar-refractivity contribution in [3.63, 3.8) is 0 Å². The van der Waals surface area contributed by atoms with E-state index in [4.69, 9.17) is 4.43 Å². The maximum Gasteiger partial charge on any atom is 0.192 e. The van der Waals surface area contributed by atoms with Gasteiger partial charge in [-0.1, -0.05) is 61.8 Å². The van der Waals surface area contributed by atoms with E-state index in [1.807, 2.05) is 0 Å². The molecule has 1 nitrogen and oxygen atoms in total. The van der Waals surface area contributed by atoms with Crippen LogP contribution < -0.4 is 0 Å². The fourth-order valence-electron chi connectivity index (χ4n) is 2.00. The third-order valence-electron chi connectivity index (χ3n) is 4.79. The van der Waals surface area contributed by atoms with E-state index in [-0.39, 0.29) is 0 Å². The Morgan fingerprint density at radius 2 is 1.79 bits per heavy atom. The highest BCUT2D eigenvalue weighted by atomic mass is 79.9. The van der Waals surface area contributed by atoms with Crippen LogP contribution in [0.3, 0.4) is 0 Å². The highest BCUT2D eigenvalue weighted by Crippen LogP contribution is 2.44. The molecule has 108 valence electrons. The lowest BCUT2D eigenvalue weighted by Gasteiger charge is -2.42. The first-order valence-corrected chi connectivity index (χ1v) is 10.8. The van der Waals surface area contributed by atoms with E-state index in [0.29, 0.717) is 11.0 Å². The van der Waals surface area contributed by atoms with Crippen LogP contribution in [0.15, 0.2) is 28.7 Å².